The molecule has 0 saturated carbocycles. The second-order valence-corrected chi connectivity index (χ2v) is 8.82. The van der Waals surface area contributed by atoms with E-state index in [0.29, 0.717) is 11.5 Å². The highest BCUT2D eigenvalue weighted by atomic mass is 16.7. The molecule has 174 valence electrons. The molecule has 3 aromatic rings. The zero-order valence-corrected chi connectivity index (χ0v) is 19.8. The SMILES string of the molecule is C=CC1=C(c2ccccc2C(O[C@@](C)(O)C=C)(c2ccccc2)c2ccccc2)OC(C)(C)O1. The third-order valence-electron chi connectivity index (χ3n) is 5.76. The third-order valence-corrected chi connectivity index (χ3v) is 5.76. The Morgan fingerprint density at radius 3 is 1.88 bits per heavy atom. The Morgan fingerprint density at radius 1 is 0.824 bits per heavy atom. The van der Waals surface area contributed by atoms with Gasteiger partial charge in [-0.25, -0.2) is 0 Å². The monoisotopic (exact) mass is 454 g/mol. The first-order valence-electron chi connectivity index (χ1n) is 11.2. The highest BCUT2D eigenvalue weighted by Crippen LogP contribution is 2.48. The van der Waals surface area contributed by atoms with E-state index in [-0.39, 0.29) is 0 Å². The average molecular weight is 455 g/mol. The summed E-state index contributed by atoms with van der Waals surface area (Å²) in [5.74, 6) is -1.38. The Balaban J connectivity index is 2.09. The fourth-order valence-corrected chi connectivity index (χ4v) is 4.29. The van der Waals surface area contributed by atoms with Crippen molar-refractivity contribution in [3.8, 4) is 0 Å². The summed E-state index contributed by atoms with van der Waals surface area (Å²) in [6, 6.07) is 27.5. The summed E-state index contributed by atoms with van der Waals surface area (Å²) in [5.41, 5.74) is 2.04. The lowest BCUT2D eigenvalue weighted by molar-refractivity contribution is -0.205. The molecule has 4 rings (SSSR count). The second kappa shape index (κ2) is 8.98. The molecule has 34 heavy (non-hydrogen) atoms. The van der Waals surface area contributed by atoms with E-state index in [0.717, 1.165) is 22.3 Å². The first-order valence-corrected chi connectivity index (χ1v) is 11.2. The lowest BCUT2D eigenvalue weighted by atomic mass is 9.77. The van der Waals surface area contributed by atoms with Crippen LogP contribution in [0.5, 0.6) is 0 Å². The Hall–Kier alpha value is -3.60. The Morgan fingerprint density at radius 2 is 1.35 bits per heavy atom. The molecule has 0 aliphatic carbocycles. The van der Waals surface area contributed by atoms with Crippen molar-refractivity contribution in [2.45, 2.75) is 37.9 Å². The van der Waals surface area contributed by atoms with Gasteiger partial charge in [-0.05, 0) is 30.2 Å². The molecule has 0 unspecified atom stereocenters. The average Bonchev–Trinajstić information content (AvgIpc) is 3.18. The smallest absolute Gasteiger partial charge is 0.246 e. The minimum absolute atomic E-state index is 0.544. The molecule has 1 aliphatic rings. The quantitative estimate of drug-likeness (QED) is 0.239. The van der Waals surface area contributed by atoms with Gasteiger partial charge < -0.3 is 19.3 Å². The van der Waals surface area contributed by atoms with E-state index in [9.17, 15) is 5.11 Å². The van der Waals surface area contributed by atoms with Gasteiger partial charge in [0.2, 0.25) is 5.79 Å². The van der Waals surface area contributed by atoms with Crippen molar-refractivity contribution in [3.63, 3.8) is 0 Å². The molecule has 0 radical (unpaired) electrons. The Labute approximate surface area is 201 Å². The van der Waals surface area contributed by atoms with Gasteiger partial charge >= 0.3 is 0 Å². The first kappa shape index (κ1) is 23.6. The van der Waals surface area contributed by atoms with E-state index in [4.69, 9.17) is 14.2 Å². The fraction of sp³-hybridized carbons (Fsp3) is 0.200. The maximum Gasteiger partial charge on any atom is 0.246 e. The van der Waals surface area contributed by atoms with Crippen LogP contribution in [0.1, 0.15) is 43.0 Å². The predicted molar refractivity (Wildman–Crippen MR) is 134 cm³/mol. The van der Waals surface area contributed by atoms with E-state index >= 15 is 0 Å². The van der Waals surface area contributed by atoms with Gasteiger partial charge in [-0.2, -0.15) is 0 Å². The van der Waals surface area contributed by atoms with E-state index in [1.165, 1.54) is 6.08 Å². The summed E-state index contributed by atoms with van der Waals surface area (Å²) in [5, 5.41) is 11.2. The van der Waals surface area contributed by atoms with Crippen molar-refractivity contribution in [2.75, 3.05) is 0 Å². The summed E-state index contributed by atoms with van der Waals surface area (Å²) in [7, 11) is 0. The Kier molecular flexibility index (Phi) is 6.22. The molecule has 0 saturated heterocycles. The zero-order chi connectivity index (χ0) is 24.4. The maximum atomic E-state index is 11.2. The van der Waals surface area contributed by atoms with Gasteiger partial charge in [0.1, 0.15) is 5.60 Å². The molecule has 4 heteroatoms. The molecular formula is C30H30O4. The summed E-state index contributed by atoms with van der Waals surface area (Å²) >= 11 is 0. The number of benzene rings is 3. The molecule has 1 heterocycles. The van der Waals surface area contributed by atoms with Gasteiger partial charge in [-0.15, -0.1) is 0 Å². The van der Waals surface area contributed by atoms with Gasteiger partial charge in [0, 0.05) is 25.0 Å². The summed E-state index contributed by atoms with van der Waals surface area (Å²) in [4.78, 5) is 0. The van der Waals surface area contributed by atoms with Crippen LogP contribution >= 0.6 is 0 Å². The standard InChI is InChI=1S/C30H30O4/c1-6-26-27(33-28(3,4)32-26)24-20-14-15-21-25(24)30(34-29(5,31)7-2,22-16-10-8-11-17-22)23-18-12-9-13-19-23/h6-21,31H,1-2H2,3-5H3/t29-/m1/s1. The summed E-state index contributed by atoms with van der Waals surface area (Å²) in [6.07, 6.45) is 3.04. The van der Waals surface area contributed by atoms with Crippen molar-refractivity contribution in [1.29, 1.82) is 0 Å². The van der Waals surface area contributed by atoms with Crippen LogP contribution < -0.4 is 0 Å². The molecule has 1 N–H and O–H groups in total. The van der Waals surface area contributed by atoms with Crippen LogP contribution in [0.25, 0.3) is 5.76 Å². The van der Waals surface area contributed by atoms with E-state index < -0.39 is 17.2 Å². The van der Waals surface area contributed by atoms with E-state index in [1.807, 2.05) is 98.8 Å². The highest BCUT2D eigenvalue weighted by Gasteiger charge is 2.45. The van der Waals surface area contributed by atoms with Crippen LogP contribution in [-0.4, -0.2) is 16.7 Å². The fourth-order valence-electron chi connectivity index (χ4n) is 4.29. The number of rotatable bonds is 8. The molecule has 0 aromatic heterocycles. The third kappa shape index (κ3) is 4.30. The van der Waals surface area contributed by atoms with Crippen LogP contribution in [-0.2, 0) is 19.8 Å². The number of ether oxygens (including phenoxy) is 3. The van der Waals surface area contributed by atoms with Gasteiger partial charge in [0.05, 0.1) is 0 Å². The molecule has 4 nitrogen and oxygen atoms in total. The van der Waals surface area contributed by atoms with Crippen LogP contribution in [0.4, 0.5) is 0 Å². The predicted octanol–water partition coefficient (Wildman–Crippen LogP) is 6.53. The van der Waals surface area contributed by atoms with Crippen molar-refractivity contribution in [1.82, 2.24) is 0 Å². The van der Waals surface area contributed by atoms with E-state index in [2.05, 4.69) is 13.2 Å². The summed E-state index contributed by atoms with van der Waals surface area (Å²) < 4.78 is 18.9. The van der Waals surface area contributed by atoms with Crippen LogP contribution in [0, 0.1) is 0 Å². The van der Waals surface area contributed by atoms with Gasteiger partial charge in [-0.3, -0.25) is 0 Å². The van der Waals surface area contributed by atoms with Crippen molar-refractivity contribution >= 4 is 5.76 Å². The molecule has 0 bridgehead atoms. The number of hydrogen-bond donors (Lipinski definition) is 1. The first-order chi connectivity index (χ1) is 16.2. The molecule has 1 atom stereocenters. The molecule has 3 aromatic carbocycles. The molecule has 0 spiro atoms. The summed E-state index contributed by atoms with van der Waals surface area (Å²) in [6.45, 7) is 13.0. The van der Waals surface area contributed by atoms with Crippen molar-refractivity contribution in [2.24, 2.45) is 0 Å². The van der Waals surface area contributed by atoms with Crippen LogP contribution in [0.2, 0.25) is 0 Å². The number of aliphatic hydroxyl groups is 1. The van der Waals surface area contributed by atoms with Crippen LogP contribution in [0.15, 0.2) is 116 Å². The molecule has 0 amide bonds. The molecular weight excluding hydrogens is 424 g/mol. The lowest BCUT2D eigenvalue weighted by Crippen LogP contribution is -2.42. The Bertz CT molecular complexity index is 1170. The van der Waals surface area contributed by atoms with Crippen molar-refractivity contribution < 1.29 is 19.3 Å². The number of allylic oxidation sites excluding steroid dienone is 1. The second-order valence-electron chi connectivity index (χ2n) is 8.82. The minimum Gasteiger partial charge on any atom is -0.449 e. The lowest BCUT2D eigenvalue weighted by Gasteiger charge is -2.41. The molecule has 1 aliphatic heterocycles. The van der Waals surface area contributed by atoms with Crippen LogP contribution in [0.3, 0.4) is 0 Å². The normalized spacial score (nSPS) is 16.8. The maximum absolute atomic E-state index is 11.2. The zero-order valence-electron chi connectivity index (χ0n) is 19.8. The number of hydrogen-bond acceptors (Lipinski definition) is 4. The van der Waals surface area contributed by atoms with E-state index in [1.54, 1.807) is 13.0 Å². The topological polar surface area (TPSA) is 47.9 Å². The van der Waals surface area contributed by atoms with Gasteiger partial charge in [0.25, 0.3) is 0 Å². The molecule has 0 fully saturated rings. The highest BCUT2D eigenvalue weighted by molar-refractivity contribution is 5.71. The van der Waals surface area contributed by atoms with Gasteiger partial charge in [0.15, 0.2) is 17.3 Å². The minimum atomic E-state index is -1.64. The van der Waals surface area contributed by atoms with Crippen molar-refractivity contribution in [3.05, 3.63) is 138 Å². The largest absolute Gasteiger partial charge is 0.449 e. The van der Waals surface area contributed by atoms with Gasteiger partial charge in [-0.1, -0.05) is 98.1 Å².